The minimum absolute atomic E-state index is 0.0559. The molecule has 1 N–H and O–H groups in total. The van der Waals surface area contributed by atoms with Crippen molar-refractivity contribution in [2.45, 2.75) is 29.2 Å². The number of hydrogen-bond acceptors (Lipinski definition) is 5. The van der Waals surface area contributed by atoms with Crippen molar-refractivity contribution < 1.29 is 30.8 Å². The molecule has 0 radical (unpaired) electrons. The summed E-state index contributed by atoms with van der Waals surface area (Å²) in [5.41, 5.74) is -0.189. The third-order valence-corrected chi connectivity index (χ3v) is 8.06. The minimum atomic E-state index is -4.51. The molecule has 186 valence electrons. The molecule has 3 rings (SSSR count). The number of amides is 1. The van der Waals surface area contributed by atoms with Crippen LogP contribution in [0.5, 0.6) is 0 Å². The SMILES string of the molecule is C=N/C(=C\C(=NC)c1cccc(C(F)(F)F)c1)CNC(=O)[C@@H]1CC[C@@H]1S(=O)(=O)c1ccc(F)cc1. The van der Waals surface area contributed by atoms with E-state index in [1.54, 1.807) is 0 Å². The number of sulfone groups is 1. The van der Waals surface area contributed by atoms with E-state index in [0.29, 0.717) is 12.8 Å². The van der Waals surface area contributed by atoms with Crippen LogP contribution in [0, 0.1) is 11.7 Å². The average molecular weight is 510 g/mol. The number of rotatable bonds is 8. The Morgan fingerprint density at radius 3 is 2.40 bits per heavy atom. The number of hydrogen-bond donors (Lipinski definition) is 1. The second-order valence-electron chi connectivity index (χ2n) is 7.92. The van der Waals surface area contributed by atoms with Gasteiger partial charge in [-0.3, -0.25) is 14.8 Å². The van der Waals surface area contributed by atoms with Crippen molar-refractivity contribution in [3.63, 3.8) is 0 Å². The maximum absolute atomic E-state index is 13.1. The van der Waals surface area contributed by atoms with Crippen molar-refractivity contribution in [1.82, 2.24) is 5.32 Å². The molecule has 2 atom stereocenters. The summed E-state index contributed by atoms with van der Waals surface area (Å²) in [5.74, 6) is -1.86. The fourth-order valence-corrected chi connectivity index (χ4v) is 5.69. The van der Waals surface area contributed by atoms with Gasteiger partial charge in [0.25, 0.3) is 0 Å². The van der Waals surface area contributed by atoms with Crippen LogP contribution >= 0.6 is 0 Å². The molecule has 0 aromatic heterocycles. The van der Waals surface area contributed by atoms with E-state index in [9.17, 15) is 30.8 Å². The Morgan fingerprint density at radius 2 is 1.86 bits per heavy atom. The maximum atomic E-state index is 13.1. The summed E-state index contributed by atoms with van der Waals surface area (Å²) in [6.45, 7) is 3.30. The number of alkyl halides is 3. The maximum Gasteiger partial charge on any atom is 0.416 e. The van der Waals surface area contributed by atoms with Crippen molar-refractivity contribution in [3.8, 4) is 0 Å². The number of nitrogens with zero attached hydrogens (tertiary/aromatic N) is 2. The zero-order chi connectivity index (χ0) is 25.8. The number of aliphatic imine (C=N–C) groups is 2. The molecular formula is C24H23F4N3O3S. The Hall–Kier alpha value is -3.34. The smallest absolute Gasteiger partial charge is 0.350 e. The Morgan fingerprint density at radius 1 is 1.17 bits per heavy atom. The molecule has 2 aromatic rings. The normalized spacial score (nSPS) is 19.1. The number of carbonyl (C=O) groups is 1. The summed E-state index contributed by atoms with van der Waals surface area (Å²) in [6.07, 6.45) is -2.46. The predicted molar refractivity (Wildman–Crippen MR) is 125 cm³/mol. The molecule has 1 aliphatic rings. The number of nitrogens with one attached hydrogen (secondary N) is 1. The van der Waals surface area contributed by atoms with Crippen LogP contribution in [-0.4, -0.2) is 45.6 Å². The molecule has 0 bridgehead atoms. The van der Waals surface area contributed by atoms with Gasteiger partial charge in [0, 0.05) is 12.6 Å². The molecule has 1 amide bonds. The van der Waals surface area contributed by atoms with Gasteiger partial charge in [-0.25, -0.2) is 12.8 Å². The minimum Gasteiger partial charge on any atom is -0.350 e. The topological polar surface area (TPSA) is 88.0 Å². The van der Waals surface area contributed by atoms with Crippen LogP contribution in [0.3, 0.4) is 0 Å². The molecule has 1 aliphatic carbocycles. The summed E-state index contributed by atoms with van der Waals surface area (Å²) in [7, 11) is -2.41. The van der Waals surface area contributed by atoms with Gasteiger partial charge in [0.15, 0.2) is 9.84 Å². The van der Waals surface area contributed by atoms with Gasteiger partial charge in [-0.1, -0.05) is 12.1 Å². The van der Waals surface area contributed by atoms with E-state index >= 15 is 0 Å². The molecule has 35 heavy (non-hydrogen) atoms. The van der Waals surface area contributed by atoms with Crippen molar-refractivity contribution in [3.05, 3.63) is 77.2 Å². The van der Waals surface area contributed by atoms with E-state index in [1.807, 2.05) is 0 Å². The Balaban J connectivity index is 1.70. The van der Waals surface area contributed by atoms with Gasteiger partial charge in [-0.15, -0.1) is 0 Å². The number of benzene rings is 2. The Bertz CT molecular complexity index is 1270. The summed E-state index contributed by atoms with van der Waals surface area (Å²) >= 11 is 0. The van der Waals surface area contributed by atoms with Crippen LogP contribution in [0.2, 0.25) is 0 Å². The van der Waals surface area contributed by atoms with Crippen LogP contribution in [0.15, 0.2) is 75.2 Å². The van der Waals surface area contributed by atoms with Crippen molar-refractivity contribution >= 4 is 28.2 Å². The summed E-state index contributed by atoms with van der Waals surface area (Å²) in [5, 5.41) is 1.68. The van der Waals surface area contributed by atoms with Gasteiger partial charge in [0.2, 0.25) is 5.91 Å². The molecule has 6 nitrogen and oxygen atoms in total. The second kappa shape index (κ2) is 10.5. The monoisotopic (exact) mass is 509 g/mol. The zero-order valence-corrected chi connectivity index (χ0v) is 19.5. The molecule has 11 heteroatoms. The van der Waals surface area contributed by atoms with Crippen LogP contribution in [0.4, 0.5) is 17.6 Å². The second-order valence-corrected chi connectivity index (χ2v) is 10.1. The molecular weight excluding hydrogens is 486 g/mol. The molecule has 2 aromatic carbocycles. The highest BCUT2D eigenvalue weighted by molar-refractivity contribution is 7.92. The molecule has 0 heterocycles. The molecule has 0 spiro atoms. The summed E-state index contributed by atoms with van der Waals surface area (Å²) in [4.78, 5) is 20.5. The highest BCUT2D eigenvalue weighted by atomic mass is 32.2. The van der Waals surface area contributed by atoms with Crippen molar-refractivity contribution in [2.75, 3.05) is 13.6 Å². The first-order valence-corrected chi connectivity index (χ1v) is 12.1. The molecule has 0 saturated heterocycles. The highest BCUT2D eigenvalue weighted by Crippen LogP contribution is 2.37. The van der Waals surface area contributed by atoms with Gasteiger partial charge >= 0.3 is 6.18 Å². The van der Waals surface area contributed by atoms with Gasteiger partial charge in [-0.05, 0) is 62.0 Å². The van der Waals surface area contributed by atoms with Crippen molar-refractivity contribution in [1.29, 1.82) is 0 Å². The first-order chi connectivity index (χ1) is 16.5. The van der Waals surface area contributed by atoms with Gasteiger partial charge in [0.1, 0.15) is 5.82 Å². The Labute approximate surface area is 200 Å². The van der Waals surface area contributed by atoms with Gasteiger partial charge in [0.05, 0.1) is 39.6 Å². The highest BCUT2D eigenvalue weighted by Gasteiger charge is 2.45. The van der Waals surface area contributed by atoms with E-state index in [2.05, 4.69) is 22.0 Å². The lowest BCUT2D eigenvalue weighted by molar-refractivity contribution is -0.137. The average Bonchev–Trinajstić information content (AvgIpc) is 2.78. The summed E-state index contributed by atoms with van der Waals surface area (Å²) in [6, 6.07) is 9.06. The predicted octanol–water partition coefficient (Wildman–Crippen LogP) is 4.22. The van der Waals surface area contributed by atoms with Crippen molar-refractivity contribution in [2.24, 2.45) is 15.9 Å². The van der Waals surface area contributed by atoms with Gasteiger partial charge in [-0.2, -0.15) is 13.2 Å². The van der Waals surface area contributed by atoms with Crippen LogP contribution in [0.1, 0.15) is 24.0 Å². The molecule has 0 unspecified atom stereocenters. The van der Waals surface area contributed by atoms with Crippen LogP contribution in [-0.2, 0) is 20.8 Å². The van der Waals surface area contributed by atoms with Crippen LogP contribution < -0.4 is 5.32 Å². The van der Waals surface area contributed by atoms with E-state index in [4.69, 9.17) is 0 Å². The fraction of sp³-hybridized carbons (Fsp3) is 0.292. The first kappa shape index (κ1) is 26.3. The van der Waals surface area contributed by atoms with Crippen LogP contribution in [0.25, 0.3) is 0 Å². The summed E-state index contributed by atoms with van der Waals surface area (Å²) < 4.78 is 77.9. The lowest BCUT2D eigenvalue weighted by Crippen LogP contribution is -2.48. The zero-order valence-electron chi connectivity index (χ0n) is 18.7. The largest absolute Gasteiger partial charge is 0.416 e. The number of halogens is 4. The van der Waals surface area contributed by atoms with Gasteiger partial charge < -0.3 is 5.32 Å². The lowest BCUT2D eigenvalue weighted by atomic mass is 9.84. The Kier molecular flexibility index (Phi) is 7.89. The van der Waals surface area contributed by atoms with E-state index in [0.717, 1.165) is 24.3 Å². The molecule has 1 fully saturated rings. The number of allylic oxidation sites excluding steroid dienone is 1. The third kappa shape index (κ3) is 6.02. The fourth-order valence-electron chi connectivity index (χ4n) is 3.69. The van der Waals surface area contributed by atoms with E-state index < -0.39 is 44.5 Å². The van der Waals surface area contributed by atoms with E-state index in [1.165, 1.54) is 37.4 Å². The number of carbonyl (C=O) groups excluding carboxylic acids is 1. The third-order valence-electron chi connectivity index (χ3n) is 5.77. The molecule has 1 saturated carbocycles. The molecule has 0 aliphatic heterocycles. The quantitative estimate of drug-likeness (QED) is 0.329. The lowest BCUT2D eigenvalue weighted by Gasteiger charge is -2.34. The standard InChI is InChI=1S/C24H23F4N3O3S/c1-29-18(13-21(30-2)15-4-3-5-16(12-15)24(26,27)28)14-31-23(32)20-10-11-22(20)35(33,34)19-8-6-17(25)7-9-19/h3-9,12-13,20,22H,1,10-11,14H2,2H3,(H,31,32)/b18-13-,30-21?/t20-,22+/m1/s1. The van der Waals surface area contributed by atoms with E-state index in [-0.39, 0.29) is 28.4 Å². The first-order valence-electron chi connectivity index (χ1n) is 10.6.